The highest BCUT2D eigenvalue weighted by Gasteiger charge is 2.25. The molecule has 33 heavy (non-hydrogen) atoms. The Morgan fingerprint density at radius 1 is 1.00 bits per heavy atom. The lowest BCUT2D eigenvalue weighted by atomic mass is 10.1. The molecule has 4 aromatic rings. The zero-order valence-corrected chi connectivity index (χ0v) is 19.9. The normalized spacial score (nSPS) is 15.3. The molecule has 0 saturated carbocycles. The molecule has 0 atom stereocenters. The molecule has 0 amide bonds. The Bertz CT molecular complexity index is 1220. The van der Waals surface area contributed by atoms with Crippen molar-refractivity contribution in [3.63, 3.8) is 0 Å². The van der Waals surface area contributed by atoms with Gasteiger partial charge >= 0.3 is 0 Å². The van der Waals surface area contributed by atoms with Gasteiger partial charge in [0.15, 0.2) is 5.82 Å². The second-order valence-corrected chi connectivity index (χ2v) is 10.3. The second kappa shape index (κ2) is 8.72. The minimum atomic E-state index is -0.256. The van der Waals surface area contributed by atoms with Crippen molar-refractivity contribution in [2.24, 2.45) is 0 Å². The maximum atomic E-state index is 13.5. The Labute approximate surface area is 196 Å². The molecule has 1 saturated heterocycles. The Hall–Kier alpha value is -3.04. The van der Waals surface area contributed by atoms with Gasteiger partial charge in [-0.3, -0.25) is 9.88 Å². The van der Waals surface area contributed by atoms with Gasteiger partial charge < -0.3 is 10.2 Å². The van der Waals surface area contributed by atoms with Crippen LogP contribution < -0.4 is 10.2 Å². The molecule has 172 valence electrons. The third-order valence-corrected chi connectivity index (χ3v) is 6.57. The zero-order chi connectivity index (χ0) is 23.0. The van der Waals surface area contributed by atoms with E-state index in [2.05, 4.69) is 53.0 Å². The van der Waals surface area contributed by atoms with Crippen molar-refractivity contribution in [1.29, 1.82) is 0 Å². The number of imidazole rings is 1. The number of nitrogens with one attached hydrogen (secondary N) is 1. The number of piperazine rings is 1. The number of pyridine rings is 1. The minimum Gasteiger partial charge on any atom is -0.364 e. The summed E-state index contributed by atoms with van der Waals surface area (Å²) in [5, 5.41) is 9.46. The number of benzene rings is 1. The molecular weight excluding hydrogens is 437 g/mol. The minimum absolute atomic E-state index is 0.174. The Balaban J connectivity index is 1.38. The van der Waals surface area contributed by atoms with E-state index < -0.39 is 0 Å². The Kier molecular flexibility index (Phi) is 5.76. The van der Waals surface area contributed by atoms with Crippen molar-refractivity contribution < 1.29 is 4.39 Å². The van der Waals surface area contributed by atoms with Gasteiger partial charge in [0.1, 0.15) is 11.5 Å². The van der Waals surface area contributed by atoms with E-state index in [1.807, 2.05) is 16.9 Å². The summed E-state index contributed by atoms with van der Waals surface area (Å²) in [6.07, 6.45) is 3.70. The monoisotopic (exact) mass is 465 g/mol. The number of aromatic nitrogens is 4. The van der Waals surface area contributed by atoms with Crippen LogP contribution in [0.5, 0.6) is 0 Å². The van der Waals surface area contributed by atoms with E-state index in [1.54, 1.807) is 23.5 Å². The van der Waals surface area contributed by atoms with Crippen LogP contribution >= 0.6 is 11.3 Å². The molecule has 1 aliphatic heterocycles. The van der Waals surface area contributed by atoms with Crippen LogP contribution in [0.2, 0.25) is 0 Å². The number of hydrogen-bond acceptors (Lipinski definition) is 7. The fraction of sp³-hybridized carbons (Fsp3) is 0.375. The third kappa shape index (κ3) is 4.84. The molecule has 0 spiro atoms. The van der Waals surface area contributed by atoms with Crippen LogP contribution in [-0.2, 0) is 6.54 Å². The summed E-state index contributed by atoms with van der Waals surface area (Å²) < 4.78 is 15.4. The first-order valence-corrected chi connectivity index (χ1v) is 12.0. The third-order valence-electron chi connectivity index (χ3n) is 5.60. The van der Waals surface area contributed by atoms with E-state index in [4.69, 9.17) is 10.1 Å². The molecule has 4 heterocycles. The zero-order valence-electron chi connectivity index (χ0n) is 19.1. The number of hydrogen-bond donors (Lipinski definition) is 1. The van der Waals surface area contributed by atoms with E-state index in [-0.39, 0.29) is 11.4 Å². The van der Waals surface area contributed by atoms with E-state index in [1.165, 1.54) is 17.7 Å². The highest BCUT2D eigenvalue weighted by Crippen LogP contribution is 2.35. The van der Waals surface area contributed by atoms with Gasteiger partial charge in [0.05, 0.1) is 0 Å². The van der Waals surface area contributed by atoms with Crippen LogP contribution in [0.1, 0.15) is 26.3 Å². The van der Waals surface area contributed by atoms with Gasteiger partial charge in [0, 0.05) is 56.2 Å². The summed E-state index contributed by atoms with van der Waals surface area (Å²) >= 11 is 1.59. The van der Waals surface area contributed by atoms with Gasteiger partial charge in [0.25, 0.3) is 0 Å². The van der Waals surface area contributed by atoms with Crippen molar-refractivity contribution in [1.82, 2.24) is 24.5 Å². The quantitative estimate of drug-likeness (QED) is 0.468. The summed E-state index contributed by atoms with van der Waals surface area (Å²) in [7, 11) is 0. The van der Waals surface area contributed by atoms with Crippen molar-refractivity contribution in [3.8, 4) is 11.3 Å². The van der Waals surface area contributed by atoms with Gasteiger partial charge in [-0.15, -0.1) is 5.10 Å². The standard InChI is InChI=1S/C24H28FN7S/c1-24(2,3)28-21-20(18-4-6-19(25)7-5-18)27-22-32(21)29-23(33-22)31-14-12-30(13-15-31)16-17-8-10-26-11-9-17/h4-11,28H,12-16H2,1-3H3. The molecule has 7 nitrogen and oxygen atoms in total. The maximum Gasteiger partial charge on any atom is 0.216 e. The number of nitrogens with zero attached hydrogens (tertiary/aromatic N) is 6. The van der Waals surface area contributed by atoms with Gasteiger partial charge in [-0.1, -0.05) is 11.3 Å². The molecule has 5 rings (SSSR count). The molecule has 1 aromatic carbocycles. The first-order chi connectivity index (χ1) is 15.9. The summed E-state index contributed by atoms with van der Waals surface area (Å²) in [6.45, 7) is 11.1. The average molecular weight is 466 g/mol. The van der Waals surface area contributed by atoms with Crippen molar-refractivity contribution >= 4 is 27.2 Å². The first-order valence-electron chi connectivity index (χ1n) is 11.2. The molecule has 1 N–H and O–H groups in total. The lowest BCUT2D eigenvalue weighted by Gasteiger charge is -2.34. The number of halogens is 1. The van der Waals surface area contributed by atoms with Crippen molar-refractivity contribution in [2.45, 2.75) is 32.9 Å². The highest BCUT2D eigenvalue weighted by molar-refractivity contribution is 7.20. The highest BCUT2D eigenvalue weighted by atomic mass is 32.1. The number of rotatable bonds is 5. The number of fused-ring (bicyclic) bond motifs is 1. The molecule has 1 fully saturated rings. The lowest BCUT2D eigenvalue weighted by Crippen LogP contribution is -2.46. The van der Waals surface area contributed by atoms with E-state index in [9.17, 15) is 4.39 Å². The van der Waals surface area contributed by atoms with Crippen LogP contribution in [0.4, 0.5) is 15.3 Å². The molecule has 0 unspecified atom stereocenters. The van der Waals surface area contributed by atoms with Crippen LogP contribution in [0.25, 0.3) is 16.2 Å². The van der Waals surface area contributed by atoms with E-state index >= 15 is 0 Å². The maximum absolute atomic E-state index is 13.5. The number of anilines is 2. The van der Waals surface area contributed by atoms with Gasteiger partial charge in [-0.05, 0) is 62.7 Å². The summed E-state index contributed by atoms with van der Waals surface area (Å²) in [5.74, 6) is 0.580. The SMILES string of the molecule is CC(C)(C)Nc1c(-c2ccc(F)cc2)nc2sc(N3CCN(Cc4ccncc4)CC3)nn12. The Morgan fingerprint density at radius 2 is 1.70 bits per heavy atom. The van der Waals surface area contributed by atoms with Crippen LogP contribution in [0, 0.1) is 5.82 Å². The predicted octanol–water partition coefficient (Wildman–Crippen LogP) is 4.52. The fourth-order valence-electron chi connectivity index (χ4n) is 3.99. The lowest BCUT2D eigenvalue weighted by molar-refractivity contribution is 0.249. The van der Waals surface area contributed by atoms with Crippen LogP contribution in [-0.4, -0.2) is 56.2 Å². The van der Waals surface area contributed by atoms with Gasteiger partial charge in [0.2, 0.25) is 10.1 Å². The topological polar surface area (TPSA) is 61.6 Å². The molecule has 0 radical (unpaired) electrons. The molecule has 1 aliphatic rings. The second-order valence-electron chi connectivity index (χ2n) is 9.39. The molecule has 3 aromatic heterocycles. The average Bonchev–Trinajstić information content (AvgIpc) is 3.34. The summed E-state index contributed by atoms with van der Waals surface area (Å²) in [5.41, 5.74) is 2.77. The van der Waals surface area contributed by atoms with E-state index in [0.717, 1.165) is 59.9 Å². The van der Waals surface area contributed by atoms with Gasteiger partial charge in [-0.2, -0.15) is 4.52 Å². The van der Waals surface area contributed by atoms with Crippen molar-refractivity contribution in [3.05, 3.63) is 60.2 Å². The molecular formula is C24H28FN7S. The van der Waals surface area contributed by atoms with Crippen molar-refractivity contribution in [2.75, 3.05) is 36.4 Å². The fourth-order valence-corrected chi connectivity index (χ4v) is 4.94. The first kappa shape index (κ1) is 21.8. The smallest absolute Gasteiger partial charge is 0.216 e. The summed E-state index contributed by atoms with van der Waals surface area (Å²) in [4.78, 5) is 14.6. The molecule has 9 heteroatoms. The van der Waals surface area contributed by atoms with E-state index in [0.29, 0.717) is 0 Å². The predicted molar refractivity (Wildman–Crippen MR) is 131 cm³/mol. The van der Waals surface area contributed by atoms with Gasteiger partial charge in [-0.25, -0.2) is 9.37 Å². The summed E-state index contributed by atoms with van der Waals surface area (Å²) in [6, 6.07) is 10.6. The molecule has 0 bridgehead atoms. The molecule has 0 aliphatic carbocycles. The Morgan fingerprint density at radius 3 is 2.36 bits per heavy atom. The largest absolute Gasteiger partial charge is 0.364 e. The van der Waals surface area contributed by atoms with Crippen LogP contribution in [0.15, 0.2) is 48.8 Å². The van der Waals surface area contributed by atoms with Crippen LogP contribution in [0.3, 0.4) is 0 Å².